The second kappa shape index (κ2) is 6.03. The van der Waals surface area contributed by atoms with E-state index in [1.165, 1.54) is 4.31 Å². The lowest BCUT2D eigenvalue weighted by molar-refractivity contribution is 0.310. The van der Waals surface area contributed by atoms with E-state index in [0.29, 0.717) is 35.3 Å². The van der Waals surface area contributed by atoms with Crippen molar-refractivity contribution < 1.29 is 8.42 Å². The van der Waals surface area contributed by atoms with Gasteiger partial charge in [0.25, 0.3) is 0 Å². The number of hydrogen-bond donors (Lipinski definition) is 0. The minimum absolute atomic E-state index is 0.101. The average Bonchev–Trinajstić information content (AvgIpc) is 2.52. The molecule has 116 valence electrons. The molecule has 0 bridgehead atoms. The van der Waals surface area contributed by atoms with Crippen LogP contribution < -0.4 is 0 Å². The molecule has 0 aliphatic heterocycles. The lowest BCUT2D eigenvalue weighted by atomic mass is 9.97. The number of nitrogens with zero attached hydrogens (tertiary/aromatic N) is 3. The molecule has 0 atom stereocenters. The number of aromatic nitrogens is 2. The molecule has 0 saturated heterocycles. The Morgan fingerprint density at radius 2 is 1.85 bits per heavy atom. The van der Waals surface area contributed by atoms with Crippen LogP contribution in [-0.2, 0) is 16.6 Å². The fourth-order valence-electron chi connectivity index (χ4n) is 2.26. The molecule has 0 unspecified atom stereocenters. The van der Waals surface area contributed by atoms with E-state index in [1.54, 1.807) is 25.6 Å². The maximum absolute atomic E-state index is 12.7. The van der Waals surface area contributed by atoms with Crippen LogP contribution in [0.15, 0.2) is 4.90 Å². The van der Waals surface area contributed by atoms with Crippen LogP contribution in [0.25, 0.3) is 0 Å². The zero-order chi connectivity index (χ0) is 15.7. The Hall–Kier alpha value is -0.590. The van der Waals surface area contributed by atoms with Crippen LogP contribution in [0.2, 0.25) is 0 Å². The van der Waals surface area contributed by atoms with E-state index < -0.39 is 10.0 Å². The Labute approximate surface area is 127 Å². The van der Waals surface area contributed by atoms with Crippen molar-refractivity contribution in [2.75, 3.05) is 19.5 Å². The van der Waals surface area contributed by atoms with E-state index in [-0.39, 0.29) is 5.41 Å². The van der Waals surface area contributed by atoms with Gasteiger partial charge in [-0.1, -0.05) is 20.8 Å². The molecule has 0 radical (unpaired) electrons. The van der Waals surface area contributed by atoms with Gasteiger partial charge in [0.1, 0.15) is 4.90 Å². The van der Waals surface area contributed by atoms with Crippen molar-refractivity contribution >= 4 is 21.6 Å². The third-order valence-corrected chi connectivity index (χ3v) is 5.20. The van der Waals surface area contributed by atoms with Gasteiger partial charge in [-0.15, -0.1) is 11.6 Å². The van der Waals surface area contributed by atoms with Crippen molar-refractivity contribution in [3.05, 3.63) is 11.4 Å². The molecule has 0 spiro atoms. The Morgan fingerprint density at radius 3 is 2.30 bits per heavy atom. The first-order valence-corrected chi connectivity index (χ1v) is 8.54. The van der Waals surface area contributed by atoms with Gasteiger partial charge in [-0.2, -0.15) is 5.10 Å². The molecule has 1 aromatic rings. The van der Waals surface area contributed by atoms with E-state index >= 15 is 0 Å². The summed E-state index contributed by atoms with van der Waals surface area (Å²) in [5.41, 5.74) is 1.06. The van der Waals surface area contributed by atoms with Crippen molar-refractivity contribution in [3.8, 4) is 0 Å². The Balaban J connectivity index is 3.22. The fourth-order valence-corrected chi connectivity index (χ4v) is 4.18. The first-order chi connectivity index (χ1) is 9.00. The van der Waals surface area contributed by atoms with E-state index in [1.807, 2.05) is 20.8 Å². The first-order valence-electron chi connectivity index (χ1n) is 6.57. The van der Waals surface area contributed by atoms with E-state index in [9.17, 15) is 8.42 Å². The lowest BCUT2D eigenvalue weighted by Crippen LogP contribution is -2.35. The van der Waals surface area contributed by atoms with Crippen LogP contribution in [0, 0.1) is 19.3 Å². The van der Waals surface area contributed by atoms with Crippen LogP contribution in [0.4, 0.5) is 0 Å². The summed E-state index contributed by atoms with van der Waals surface area (Å²) < 4.78 is 28.5. The molecule has 20 heavy (non-hydrogen) atoms. The highest BCUT2D eigenvalue weighted by Crippen LogP contribution is 2.25. The van der Waals surface area contributed by atoms with E-state index in [0.717, 1.165) is 0 Å². The summed E-state index contributed by atoms with van der Waals surface area (Å²) in [6, 6.07) is 0. The smallest absolute Gasteiger partial charge is 0.246 e. The number of aryl methyl sites for hydroxylation is 2. The molecule has 0 aliphatic carbocycles. The van der Waals surface area contributed by atoms with Crippen LogP contribution >= 0.6 is 11.6 Å². The van der Waals surface area contributed by atoms with Gasteiger partial charge in [0, 0.05) is 19.5 Å². The summed E-state index contributed by atoms with van der Waals surface area (Å²) in [7, 11) is -1.91. The van der Waals surface area contributed by atoms with Crippen molar-refractivity contribution in [2.24, 2.45) is 5.41 Å². The average molecular weight is 322 g/mol. The molecule has 1 heterocycles. The number of alkyl halides is 1. The molecule has 1 aromatic heterocycles. The summed E-state index contributed by atoms with van der Waals surface area (Å²) in [5.74, 6) is 0.402. The fraction of sp³-hybridized carbons (Fsp3) is 0.769. The van der Waals surface area contributed by atoms with E-state index in [4.69, 9.17) is 11.6 Å². The molecule has 0 fully saturated rings. The van der Waals surface area contributed by atoms with Crippen LogP contribution in [0.5, 0.6) is 0 Å². The standard InChI is InChI=1S/C13H24ClN3O2S/c1-10-12(11(2)17(15-10)8-7-14)20(18,19)16(6)9-13(3,4)5/h7-9H2,1-6H3. The molecule has 0 amide bonds. The van der Waals surface area contributed by atoms with Crippen molar-refractivity contribution in [3.63, 3.8) is 0 Å². The molecule has 1 rings (SSSR count). The highest BCUT2D eigenvalue weighted by Gasteiger charge is 2.30. The second-order valence-electron chi connectivity index (χ2n) is 6.23. The quantitative estimate of drug-likeness (QED) is 0.783. The van der Waals surface area contributed by atoms with E-state index in [2.05, 4.69) is 5.10 Å². The Morgan fingerprint density at radius 1 is 1.30 bits per heavy atom. The maximum atomic E-state index is 12.7. The minimum atomic E-state index is -3.52. The number of sulfonamides is 1. The summed E-state index contributed by atoms with van der Waals surface area (Å²) in [5, 5.41) is 4.27. The number of rotatable bonds is 5. The number of hydrogen-bond acceptors (Lipinski definition) is 3. The van der Waals surface area contributed by atoms with Crippen LogP contribution in [0.1, 0.15) is 32.2 Å². The molecule has 0 saturated carbocycles. The van der Waals surface area contributed by atoms with Gasteiger partial charge in [-0.25, -0.2) is 12.7 Å². The van der Waals surface area contributed by atoms with Gasteiger partial charge >= 0.3 is 0 Å². The summed E-state index contributed by atoms with van der Waals surface area (Å²) in [6.45, 7) is 10.5. The largest absolute Gasteiger partial charge is 0.267 e. The minimum Gasteiger partial charge on any atom is -0.267 e. The molecule has 7 heteroatoms. The molecule has 0 aliphatic rings. The lowest BCUT2D eigenvalue weighted by Gasteiger charge is -2.26. The zero-order valence-electron chi connectivity index (χ0n) is 13.1. The third kappa shape index (κ3) is 3.74. The number of halogens is 1. The predicted molar refractivity (Wildman–Crippen MR) is 81.7 cm³/mol. The monoisotopic (exact) mass is 321 g/mol. The summed E-state index contributed by atoms with van der Waals surface area (Å²) >= 11 is 5.71. The van der Waals surface area contributed by atoms with Gasteiger partial charge in [0.2, 0.25) is 10.0 Å². The normalized spacial score (nSPS) is 13.2. The van der Waals surface area contributed by atoms with Crippen molar-refractivity contribution in [2.45, 2.75) is 46.1 Å². The van der Waals surface area contributed by atoms with Gasteiger partial charge < -0.3 is 0 Å². The second-order valence-corrected chi connectivity index (χ2v) is 8.59. The van der Waals surface area contributed by atoms with Crippen LogP contribution in [0.3, 0.4) is 0 Å². The molecule has 0 N–H and O–H groups in total. The molecular weight excluding hydrogens is 298 g/mol. The Kier molecular flexibility index (Phi) is 5.27. The predicted octanol–water partition coefficient (Wildman–Crippen LogP) is 2.41. The van der Waals surface area contributed by atoms with Gasteiger partial charge in [-0.3, -0.25) is 4.68 Å². The summed E-state index contributed by atoms with van der Waals surface area (Å²) in [6.07, 6.45) is 0. The Bertz CT molecular complexity index is 573. The zero-order valence-corrected chi connectivity index (χ0v) is 14.6. The van der Waals surface area contributed by atoms with Crippen molar-refractivity contribution in [1.29, 1.82) is 0 Å². The van der Waals surface area contributed by atoms with Crippen LogP contribution in [-0.4, -0.2) is 42.0 Å². The van der Waals surface area contributed by atoms with Gasteiger partial charge in [0.05, 0.1) is 17.9 Å². The molecule has 0 aromatic carbocycles. The van der Waals surface area contributed by atoms with Crippen molar-refractivity contribution in [1.82, 2.24) is 14.1 Å². The summed E-state index contributed by atoms with van der Waals surface area (Å²) in [4.78, 5) is 0.300. The van der Waals surface area contributed by atoms with Gasteiger partial charge in [-0.05, 0) is 19.3 Å². The topological polar surface area (TPSA) is 55.2 Å². The highest BCUT2D eigenvalue weighted by molar-refractivity contribution is 7.89. The molecule has 5 nitrogen and oxygen atoms in total. The van der Waals surface area contributed by atoms with Gasteiger partial charge in [0.15, 0.2) is 0 Å². The highest BCUT2D eigenvalue weighted by atomic mass is 35.5. The SMILES string of the molecule is Cc1nn(CCCl)c(C)c1S(=O)(=O)N(C)CC(C)(C)C. The first kappa shape index (κ1) is 17.5. The molecular formula is C13H24ClN3O2S. The third-order valence-electron chi connectivity index (χ3n) is 2.98. The maximum Gasteiger partial charge on any atom is 0.246 e.